The Morgan fingerprint density at radius 3 is 2.62 bits per heavy atom. The van der Waals surface area contributed by atoms with Crippen LogP contribution in [0.4, 0.5) is 0 Å². The average molecular weight is 336 g/mol. The number of hydrogen-bond donors (Lipinski definition) is 1. The summed E-state index contributed by atoms with van der Waals surface area (Å²) in [6.07, 6.45) is 9.28. The van der Waals surface area contributed by atoms with Gasteiger partial charge in [-0.3, -0.25) is 9.69 Å². The third-order valence-electron chi connectivity index (χ3n) is 7.16. The van der Waals surface area contributed by atoms with Crippen LogP contribution in [-0.2, 0) is 4.79 Å². The van der Waals surface area contributed by atoms with Crippen molar-refractivity contribution in [3.8, 4) is 0 Å². The number of aliphatic carboxylic acids is 1. The zero-order valence-corrected chi connectivity index (χ0v) is 14.7. The Balaban J connectivity index is 1.53. The number of nitrogens with zero attached hydrogens (tertiary/aromatic N) is 2. The summed E-state index contributed by atoms with van der Waals surface area (Å²) in [5, 5.41) is 22.4. The van der Waals surface area contributed by atoms with E-state index in [9.17, 15) is 10.0 Å². The highest BCUT2D eigenvalue weighted by atomic mass is 16.5. The van der Waals surface area contributed by atoms with Crippen LogP contribution in [0.15, 0.2) is 0 Å². The fourth-order valence-electron chi connectivity index (χ4n) is 6.08. The number of carboxylic acids is 1. The molecule has 1 aliphatic carbocycles. The first-order chi connectivity index (χ1) is 11.6. The summed E-state index contributed by atoms with van der Waals surface area (Å²) in [6, 6.07) is 0.758. The van der Waals surface area contributed by atoms with Gasteiger partial charge in [0.1, 0.15) is 0 Å². The van der Waals surface area contributed by atoms with E-state index in [-0.39, 0.29) is 11.1 Å². The van der Waals surface area contributed by atoms with E-state index in [1.165, 1.54) is 32.2 Å². The minimum Gasteiger partial charge on any atom is -0.633 e. The molecule has 2 unspecified atom stereocenters. The number of quaternary nitrogens is 1. The minimum absolute atomic E-state index is 0.0715. The predicted octanol–water partition coefficient (Wildman–Crippen LogP) is 2.84. The van der Waals surface area contributed by atoms with Crippen LogP contribution in [0.25, 0.3) is 0 Å². The maximum Gasteiger partial charge on any atom is 0.303 e. The molecule has 4 fully saturated rings. The summed E-state index contributed by atoms with van der Waals surface area (Å²) in [5.41, 5.74) is 0. The van der Waals surface area contributed by atoms with Gasteiger partial charge in [0, 0.05) is 37.4 Å². The molecule has 5 heteroatoms. The molecule has 3 saturated heterocycles. The monoisotopic (exact) mass is 336 g/mol. The summed E-state index contributed by atoms with van der Waals surface area (Å²) in [5.74, 6) is 1.26. The number of carboxylic acid groups (broad SMARTS) is 1. The molecule has 0 aromatic rings. The molecule has 0 radical (unpaired) electrons. The number of hydrogen-bond acceptors (Lipinski definition) is 3. The largest absolute Gasteiger partial charge is 0.633 e. The summed E-state index contributed by atoms with van der Waals surface area (Å²) in [7, 11) is 0. The van der Waals surface area contributed by atoms with E-state index in [0.717, 1.165) is 51.2 Å². The van der Waals surface area contributed by atoms with Gasteiger partial charge >= 0.3 is 5.97 Å². The maximum atomic E-state index is 13.4. The van der Waals surface area contributed by atoms with Gasteiger partial charge in [0.15, 0.2) is 0 Å². The van der Waals surface area contributed by atoms with Crippen LogP contribution in [0, 0.1) is 23.0 Å². The summed E-state index contributed by atoms with van der Waals surface area (Å²) >= 11 is 0. The fourth-order valence-corrected chi connectivity index (χ4v) is 6.08. The first kappa shape index (κ1) is 16.8. The highest BCUT2D eigenvalue weighted by Crippen LogP contribution is 2.47. The number of rotatable bonds is 6. The van der Waals surface area contributed by atoms with Crippen molar-refractivity contribution in [3.63, 3.8) is 0 Å². The van der Waals surface area contributed by atoms with Gasteiger partial charge in [-0.25, -0.2) is 0 Å². The zero-order chi connectivity index (χ0) is 16.7. The van der Waals surface area contributed by atoms with Gasteiger partial charge in [-0.15, -0.1) is 0 Å². The van der Waals surface area contributed by atoms with E-state index in [0.29, 0.717) is 23.9 Å². The molecule has 0 bridgehead atoms. The Morgan fingerprint density at radius 1 is 1.17 bits per heavy atom. The summed E-state index contributed by atoms with van der Waals surface area (Å²) in [6.45, 7) is 3.93. The lowest BCUT2D eigenvalue weighted by molar-refractivity contribution is -0.926. The van der Waals surface area contributed by atoms with Crippen LogP contribution in [0.1, 0.15) is 57.8 Å². The molecule has 136 valence electrons. The zero-order valence-electron chi connectivity index (χ0n) is 14.7. The Hall–Kier alpha value is -0.650. The average Bonchev–Trinajstić information content (AvgIpc) is 3.33. The van der Waals surface area contributed by atoms with Crippen LogP contribution in [0.5, 0.6) is 0 Å². The molecule has 24 heavy (non-hydrogen) atoms. The third-order valence-corrected chi connectivity index (χ3v) is 7.16. The van der Waals surface area contributed by atoms with E-state index in [1.807, 2.05) is 0 Å². The minimum atomic E-state index is -0.687. The van der Waals surface area contributed by atoms with Crippen molar-refractivity contribution in [2.75, 3.05) is 26.2 Å². The van der Waals surface area contributed by atoms with Crippen LogP contribution in [-0.4, -0.2) is 58.9 Å². The molecular weight excluding hydrogens is 304 g/mol. The summed E-state index contributed by atoms with van der Waals surface area (Å²) < 4.78 is 0.0715. The second-order valence-electron chi connectivity index (χ2n) is 8.85. The number of piperidine rings is 3. The van der Waals surface area contributed by atoms with Crippen molar-refractivity contribution < 1.29 is 14.5 Å². The Kier molecular flexibility index (Phi) is 4.61. The van der Waals surface area contributed by atoms with E-state index >= 15 is 0 Å². The van der Waals surface area contributed by atoms with Gasteiger partial charge in [-0.1, -0.05) is 0 Å². The molecule has 3 heterocycles. The molecule has 4 rings (SSSR count). The van der Waals surface area contributed by atoms with E-state index in [4.69, 9.17) is 5.11 Å². The molecule has 3 aliphatic heterocycles. The topological polar surface area (TPSA) is 63.6 Å². The Labute approximate surface area is 145 Å². The predicted molar refractivity (Wildman–Crippen MR) is 92.2 cm³/mol. The van der Waals surface area contributed by atoms with Gasteiger partial charge in [-0.2, -0.15) is 0 Å². The SMILES string of the molecule is O=C(O)CCCC1[C@H]2CCC[N+]3([O-])CCC[C@@H](CN1CC1CC1)[C@@H]23. The quantitative estimate of drug-likeness (QED) is 0.598. The van der Waals surface area contributed by atoms with Crippen molar-refractivity contribution in [1.82, 2.24) is 4.90 Å². The summed E-state index contributed by atoms with van der Waals surface area (Å²) in [4.78, 5) is 13.6. The van der Waals surface area contributed by atoms with Gasteiger partial charge < -0.3 is 15.0 Å². The van der Waals surface area contributed by atoms with Gasteiger partial charge in [0.05, 0.1) is 19.1 Å². The lowest BCUT2D eigenvalue weighted by Gasteiger charge is -2.64. The van der Waals surface area contributed by atoms with Gasteiger partial charge in [0.25, 0.3) is 0 Å². The molecular formula is C19H32N2O3. The highest BCUT2D eigenvalue weighted by molar-refractivity contribution is 5.66. The van der Waals surface area contributed by atoms with Crippen LogP contribution < -0.4 is 0 Å². The molecule has 0 spiro atoms. The van der Waals surface area contributed by atoms with Crippen LogP contribution in [0.3, 0.4) is 0 Å². The Morgan fingerprint density at radius 2 is 1.92 bits per heavy atom. The number of hydroxylamine groups is 3. The number of likely N-dealkylation sites (tertiary alicyclic amines) is 1. The molecule has 1 N–H and O–H groups in total. The second-order valence-corrected chi connectivity index (χ2v) is 8.85. The van der Waals surface area contributed by atoms with Crippen LogP contribution >= 0.6 is 0 Å². The van der Waals surface area contributed by atoms with E-state index in [2.05, 4.69) is 4.90 Å². The molecule has 1 saturated carbocycles. The van der Waals surface area contributed by atoms with Gasteiger partial charge in [0.2, 0.25) is 0 Å². The molecule has 0 aromatic heterocycles. The number of carbonyl (C=O) groups is 1. The third kappa shape index (κ3) is 3.23. The second kappa shape index (κ2) is 6.58. The standard InChI is InChI=1S/C19H32N2O3/c22-18(23)7-1-6-17-16-5-3-11-21(24)10-2-4-15(19(16)21)13-20(17)12-14-8-9-14/h14-17,19H,1-13H2,(H,22,23)/t15-,16+,17?,19-,21?/m0/s1. The first-order valence-electron chi connectivity index (χ1n) is 10.1. The van der Waals surface area contributed by atoms with Gasteiger partial charge in [-0.05, 0) is 57.3 Å². The lowest BCUT2D eigenvalue weighted by atomic mass is 9.68. The van der Waals surface area contributed by atoms with Crippen molar-refractivity contribution in [2.45, 2.75) is 69.9 Å². The normalized spacial score (nSPS) is 42.5. The molecule has 4 aliphatic rings. The molecule has 5 atom stereocenters. The van der Waals surface area contributed by atoms with Crippen molar-refractivity contribution in [3.05, 3.63) is 5.21 Å². The van der Waals surface area contributed by atoms with E-state index in [1.54, 1.807) is 0 Å². The molecule has 0 aromatic carbocycles. The van der Waals surface area contributed by atoms with Crippen molar-refractivity contribution >= 4 is 5.97 Å². The van der Waals surface area contributed by atoms with Crippen molar-refractivity contribution in [1.29, 1.82) is 0 Å². The lowest BCUT2D eigenvalue weighted by Crippen LogP contribution is -2.70. The molecule has 5 nitrogen and oxygen atoms in total. The van der Waals surface area contributed by atoms with E-state index < -0.39 is 5.97 Å². The van der Waals surface area contributed by atoms with Crippen LogP contribution in [0.2, 0.25) is 0 Å². The maximum absolute atomic E-state index is 13.4. The molecule has 0 amide bonds. The van der Waals surface area contributed by atoms with Crippen molar-refractivity contribution in [2.24, 2.45) is 17.8 Å². The first-order valence-corrected chi connectivity index (χ1v) is 10.1. The fraction of sp³-hybridized carbons (Fsp3) is 0.947. The smallest absolute Gasteiger partial charge is 0.303 e. The Bertz CT molecular complexity index is 477. The highest BCUT2D eigenvalue weighted by Gasteiger charge is 2.54.